The smallest absolute Gasteiger partial charge is 0.279 e. The van der Waals surface area contributed by atoms with E-state index in [2.05, 4.69) is 20.5 Å². The molecule has 0 aliphatic rings. The van der Waals surface area contributed by atoms with Crippen LogP contribution in [0.4, 0.5) is 5.82 Å². The van der Waals surface area contributed by atoms with Crippen molar-refractivity contribution in [3.63, 3.8) is 0 Å². The van der Waals surface area contributed by atoms with E-state index in [9.17, 15) is 4.79 Å². The molecule has 2 aromatic heterocycles. The number of halogens is 1. The number of para-hydroxylation sites is 1. The second-order valence-corrected chi connectivity index (χ2v) is 4.54. The second-order valence-electron chi connectivity index (χ2n) is 4.15. The number of rotatable bonds is 3. The maximum Gasteiger partial charge on any atom is 0.279 e. The van der Waals surface area contributed by atoms with Gasteiger partial charge >= 0.3 is 0 Å². The summed E-state index contributed by atoms with van der Waals surface area (Å²) in [5.74, 6) is -0.0336. The molecule has 104 valence electrons. The van der Waals surface area contributed by atoms with Gasteiger partial charge in [0, 0.05) is 0 Å². The Kier molecular flexibility index (Phi) is 3.61. The molecule has 1 amide bonds. The van der Waals surface area contributed by atoms with Crippen LogP contribution in [0.3, 0.4) is 0 Å². The van der Waals surface area contributed by atoms with Gasteiger partial charge in [-0.2, -0.15) is 9.90 Å². The van der Waals surface area contributed by atoms with Gasteiger partial charge in [0.1, 0.15) is 11.0 Å². The molecule has 7 heteroatoms. The van der Waals surface area contributed by atoms with Crippen LogP contribution in [0.1, 0.15) is 10.5 Å². The van der Waals surface area contributed by atoms with E-state index in [0.29, 0.717) is 11.0 Å². The third kappa shape index (κ3) is 3.06. The maximum atomic E-state index is 12.1. The summed E-state index contributed by atoms with van der Waals surface area (Å²) in [6.45, 7) is 0. The molecule has 1 aromatic carbocycles. The van der Waals surface area contributed by atoms with Gasteiger partial charge in [0.25, 0.3) is 5.91 Å². The van der Waals surface area contributed by atoms with Gasteiger partial charge in [-0.3, -0.25) is 4.79 Å². The largest absolute Gasteiger partial charge is 0.305 e. The highest BCUT2D eigenvalue weighted by Crippen LogP contribution is 2.10. The van der Waals surface area contributed by atoms with Crippen LogP contribution in [-0.4, -0.2) is 25.9 Å². The minimum atomic E-state index is -0.396. The van der Waals surface area contributed by atoms with Crippen molar-refractivity contribution in [1.82, 2.24) is 20.0 Å². The number of hydrogen-bond donors (Lipinski definition) is 1. The monoisotopic (exact) mass is 299 g/mol. The van der Waals surface area contributed by atoms with E-state index in [1.165, 1.54) is 11.0 Å². The first-order chi connectivity index (χ1) is 10.2. The van der Waals surface area contributed by atoms with Crippen molar-refractivity contribution in [2.75, 3.05) is 5.32 Å². The van der Waals surface area contributed by atoms with Crippen LogP contribution in [0.15, 0.2) is 54.7 Å². The Morgan fingerprint density at radius 1 is 1.10 bits per heavy atom. The zero-order valence-electron chi connectivity index (χ0n) is 10.8. The van der Waals surface area contributed by atoms with Crippen molar-refractivity contribution in [1.29, 1.82) is 0 Å². The standard InChI is InChI=1S/C14H10ClN5O/c15-12-7-4-8-13(17-12)18-14(21)11-9-16-20(19-11)10-5-2-1-3-6-10/h1-9H,(H,17,18,21). The predicted molar refractivity (Wildman–Crippen MR) is 78.6 cm³/mol. The molecule has 0 radical (unpaired) electrons. The summed E-state index contributed by atoms with van der Waals surface area (Å²) in [6.07, 6.45) is 1.40. The topological polar surface area (TPSA) is 72.7 Å². The van der Waals surface area contributed by atoms with Gasteiger partial charge in [-0.05, 0) is 24.3 Å². The molecular formula is C14H10ClN5O. The van der Waals surface area contributed by atoms with E-state index in [0.717, 1.165) is 5.69 Å². The summed E-state index contributed by atoms with van der Waals surface area (Å²) in [7, 11) is 0. The fourth-order valence-corrected chi connectivity index (χ4v) is 1.87. The molecule has 0 saturated carbocycles. The molecule has 0 aliphatic heterocycles. The lowest BCUT2D eigenvalue weighted by molar-refractivity contribution is 0.102. The van der Waals surface area contributed by atoms with Crippen molar-refractivity contribution in [2.45, 2.75) is 0 Å². The molecule has 0 saturated heterocycles. The molecule has 0 spiro atoms. The SMILES string of the molecule is O=C(Nc1cccc(Cl)n1)c1cnn(-c2ccccc2)n1. The van der Waals surface area contributed by atoms with Crippen LogP contribution < -0.4 is 5.32 Å². The molecule has 0 fully saturated rings. The Labute approximate surface area is 125 Å². The van der Waals surface area contributed by atoms with Gasteiger partial charge in [0.05, 0.1) is 11.9 Å². The molecule has 3 rings (SSSR count). The highest BCUT2D eigenvalue weighted by Gasteiger charge is 2.12. The molecule has 2 heterocycles. The average Bonchev–Trinajstić information content (AvgIpc) is 2.98. The van der Waals surface area contributed by atoms with Crippen molar-refractivity contribution in [3.8, 4) is 5.69 Å². The van der Waals surface area contributed by atoms with Crippen LogP contribution in [0.2, 0.25) is 5.15 Å². The Morgan fingerprint density at radius 2 is 1.90 bits per heavy atom. The van der Waals surface area contributed by atoms with Crippen LogP contribution >= 0.6 is 11.6 Å². The third-order valence-electron chi connectivity index (χ3n) is 2.67. The van der Waals surface area contributed by atoms with Crippen molar-refractivity contribution < 1.29 is 4.79 Å². The van der Waals surface area contributed by atoms with Crippen molar-refractivity contribution in [3.05, 3.63) is 65.6 Å². The molecule has 1 N–H and O–H groups in total. The number of benzene rings is 1. The molecule has 21 heavy (non-hydrogen) atoms. The van der Waals surface area contributed by atoms with E-state index in [4.69, 9.17) is 11.6 Å². The minimum absolute atomic E-state index is 0.195. The molecular weight excluding hydrogens is 290 g/mol. The van der Waals surface area contributed by atoms with E-state index in [1.54, 1.807) is 18.2 Å². The van der Waals surface area contributed by atoms with Gasteiger partial charge in [-0.1, -0.05) is 35.9 Å². The number of carbonyl (C=O) groups is 1. The van der Waals surface area contributed by atoms with Crippen LogP contribution in [-0.2, 0) is 0 Å². The lowest BCUT2D eigenvalue weighted by Gasteiger charge is -2.01. The second kappa shape index (κ2) is 5.72. The van der Waals surface area contributed by atoms with E-state index in [-0.39, 0.29) is 5.69 Å². The van der Waals surface area contributed by atoms with E-state index >= 15 is 0 Å². The maximum absolute atomic E-state index is 12.1. The lowest BCUT2D eigenvalue weighted by atomic mass is 10.3. The molecule has 6 nitrogen and oxygen atoms in total. The fourth-order valence-electron chi connectivity index (χ4n) is 1.71. The Hall–Kier alpha value is -2.73. The number of anilines is 1. The van der Waals surface area contributed by atoms with Crippen LogP contribution in [0, 0.1) is 0 Å². The third-order valence-corrected chi connectivity index (χ3v) is 2.88. The Bertz CT molecular complexity index is 772. The summed E-state index contributed by atoms with van der Waals surface area (Å²) in [5.41, 5.74) is 0.970. The first-order valence-electron chi connectivity index (χ1n) is 6.14. The highest BCUT2D eigenvalue weighted by atomic mass is 35.5. The summed E-state index contributed by atoms with van der Waals surface area (Å²) < 4.78 is 0. The summed E-state index contributed by atoms with van der Waals surface area (Å²) in [6, 6.07) is 14.3. The number of nitrogens with one attached hydrogen (secondary N) is 1. The molecule has 3 aromatic rings. The van der Waals surface area contributed by atoms with Crippen molar-refractivity contribution in [2.24, 2.45) is 0 Å². The minimum Gasteiger partial charge on any atom is -0.305 e. The van der Waals surface area contributed by atoms with Crippen LogP contribution in [0.25, 0.3) is 5.69 Å². The zero-order chi connectivity index (χ0) is 14.7. The van der Waals surface area contributed by atoms with Gasteiger partial charge in [-0.15, -0.1) is 5.10 Å². The number of hydrogen-bond acceptors (Lipinski definition) is 4. The molecule has 0 unspecified atom stereocenters. The number of carbonyl (C=O) groups excluding carboxylic acids is 1. The Balaban J connectivity index is 1.78. The first kappa shape index (κ1) is 13.3. The van der Waals surface area contributed by atoms with Crippen molar-refractivity contribution >= 4 is 23.3 Å². The average molecular weight is 300 g/mol. The van der Waals surface area contributed by atoms with Gasteiger partial charge in [0.2, 0.25) is 0 Å². The quantitative estimate of drug-likeness (QED) is 0.754. The first-order valence-corrected chi connectivity index (χ1v) is 6.52. The summed E-state index contributed by atoms with van der Waals surface area (Å²) in [5, 5.41) is 11.1. The van der Waals surface area contributed by atoms with Gasteiger partial charge in [0.15, 0.2) is 5.69 Å². The number of nitrogens with zero attached hydrogens (tertiary/aromatic N) is 4. The molecule has 0 aliphatic carbocycles. The van der Waals surface area contributed by atoms with Crippen LogP contribution in [0.5, 0.6) is 0 Å². The lowest BCUT2D eigenvalue weighted by Crippen LogP contribution is -2.14. The predicted octanol–water partition coefficient (Wildman–Crippen LogP) is 2.57. The fraction of sp³-hybridized carbons (Fsp3) is 0. The summed E-state index contributed by atoms with van der Waals surface area (Å²) >= 11 is 5.76. The normalized spacial score (nSPS) is 10.3. The Morgan fingerprint density at radius 3 is 2.67 bits per heavy atom. The van der Waals surface area contributed by atoms with E-state index < -0.39 is 5.91 Å². The van der Waals surface area contributed by atoms with E-state index in [1.807, 2.05) is 30.3 Å². The number of aromatic nitrogens is 4. The molecule has 0 atom stereocenters. The van der Waals surface area contributed by atoms with Gasteiger partial charge < -0.3 is 5.32 Å². The number of amides is 1. The zero-order valence-corrected chi connectivity index (χ0v) is 11.5. The highest BCUT2D eigenvalue weighted by molar-refractivity contribution is 6.29. The number of pyridine rings is 1. The summed E-state index contributed by atoms with van der Waals surface area (Å²) in [4.78, 5) is 17.4. The van der Waals surface area contributed by atoms with Gasteiger partial charge in [-0.25, -0.2) is 4.98 Å². The molecule has 0 bridgehead atoms.